The van der Waals surface area contributed by atoms with Crippen LogP contribution < -0.4 is 5.32 Å². The summed E-state index contributed by atoms with van der Waals surface area (Å²) in [5.74, 6) is 0.0571. The molecule has 1 aliphatic carbocycles. The molecule has 40 heavy (non-hydrogen) atoms. The zero-order valence-electron chi connectivity index (χ0n) is 26.3. The van der Waals surface area contributed by atoms with Crippen LogP contribution in [0.15, 0.2) is 18.6 Å². The van der Waals surface area contributed by atoms with Crippen molar-refractivity contribution in [3.8, 4) is 11.3 Å². The first-order chi connectivity index (χ1) is 18.7. The molecule has 1 aliphatic rings. The number of pyridine rings is 1. The number of amides is 1. The molecule has 0 spiro atoms. The van der Waals surface area contributed by atoms with Crippen LogP contribution in [0.3, 0.4) is 0 Å². The summed E-state index contributed by atoms with van der Waals surface area (Å²) in [6.07, 6.45) is 10.2. The molecule has 0 aliphatic heterocycles. The molecule has 8 nitrogen and oxygen atoms in total. The van der Waals surface area contributed by atoms with Crippen molar-refractivity contribution in [1.29, 1.82) is 0 Å². The fourth-order valence-corrected chi connectivity index (χ4v) is 5.81. The minimum Gasteiger partial charge on any atom is -0.348 e. The van der Waals surface area contributed by atoms with E-state index in [0.717, 1.165) is 66.8 Å². The average molecular weight is 550 g/mol. The number of hydrogen-bond donors (Lipinski definition) is 2. The van der Waals surface area contributed by atoms with Gasteiger partial charge in [0.15, 0.2) is 11.3 Å². The van der Waals surface area contributed by atoms with Gasteiger partial charge >= 0.3 is 0 Å². The number of aromatic nitrogens is 5. The fraction of sp³-hybridized carbons (Fsp3) is 0.688. The third-order valence-corrected chi connectivity index (χ3v) is 8.29. The highest BCUT2D eigenvalue weighted by Crippen LogP contribution is 2.32. The van der Waals surface area contributed by atoms with E-state index in [1.54, 1.807) is 10.8 Å². The van der Waals surface area contributed by atoms with Crippen molar-refractivity contribution in [3.05, 3.63) is 35.4 Å². The molecule has 3 heterocycles. The van der Waals surface area contributed by atoms with E-state index in [0.29, 0.717) is 22.6 Å². The number of nitrogens with one attached hydrogen (secondary N) is 2. The molecule has 8 heteroatoms. The van der Waals surface area contributed by atoms with E-state index in [1.807, 2.05) is 13.1 Å². The Morgan fingerprint density at radius 2 is 1.70 bits per heavy atom. The third-order valence-electron chi connectivity index (χ3n) is 8.29. The van der Waals surface area contributed by atoms with Crippen LogP contribution in [0.1, 0.15) is 121 Å². The maximum absolute atomic E-state index is 13.5. The summed E-state index contributed by atoms with van der Waals surface area (Å²) in [6.45, 7) is 22.6. The van der Waals surface area contributed by atoms with Crippen molar-refractivity contribution in [3.63, 3.8) is 0 Å². The van der Waals surface area contributed by atoms with Crippen LogP contribution in [0.25, 0.3) is 16.9 Å². The summed E-state index contributed by atoms with van der Waals surface area (Å²) < 4.78 is 1.78. The number of aryl methyl sites for hydroxylation is 1. The number of carbonyl (C=O) groups is 1. The molecule has 4 rings (SSSR count). The van der Waals surface area contributed by atoms with Crippen LogP contribution in [-0.4, -0.2) is 60.8 Å². The molecule has 0 atom stereocenters. The summed E-state index contributed by atoms with van der Waals surface area (Å²) in [7, 11) is 0. The van der Waals surface area contributed by atoms with E-state index < -0.39 is 0 Å². The van der Waals surface area contributed by atoms with Crippen molar-refractivity contribution < 1.29 is 4.79 Å². The molecule has 1 fully saturated rings. The van der Waals surface area contributed by atoms with Crippen molar-refractivity contribution in [1.82, 2.24) is 35.0 Å². The molecule has 3 aromatic rings. The van der Waals surface area contributed by atoms with Crippen molar-refractivity contribution in [2.45, 2.75) is 119 Å². The lowest BCUT2D eigenvalue weighted by Gasteiger charge is -2.39. The highest BCUT2D eigenvalue weighted by Gasteiger charge is 2.30. The first-order valence-electron chi connectivity index (χ1n) is 15.2. The Morgan fingerprint density at radius 1 is 1.07 bits per heavy atom. The van der Waals surface area contributed by atoms with Gasteiger partial charge in [0.05, 0.1) is 5.69 Å². The second-order valence-corrected chi connectivity index (χ2v) is 14.6. The standard InChI is InChI=1S/C32H51N7O/c1-21(2)26-27(23-18-22(3)29-33-20-34-39(29)19-23)36-37-28(26)30(40)35-24-10-12-25(13-11-24)38(16-14-31(4,5)6)17-15-32(7,8)9/h18-21,24-25H,10-17H2,1-9H3,(H,35,40)(H,36,37)/t24-,25+. The minimum atomic E-state index is -0.0782. The Balaban J connectivity index is 1.43. The van der Waals surface area contributed by atoms with Crippen LogP contribution in [-0.2, 0) is 0 Å². The molecule has 0 unspecified atom stereocenters. The predicted molar refractivity (Wildman–Crippen MR) is 163 cm³/mol. The van der Waals surface area contributed by atoms with Crippen LogP contribution in [0, 0.1) is 17.8 Å². The van der Waals surface area contributed by atoms with Gasteiger partial charge in [-0.2, -0.15) is 10.2 Å². The van der Waals surface area contributed by atoms with E-state index in [2.05, 4.69) is 92.0 Å². The molecule has 2 N–H and O–H groups in total. The number of fused-ring (bicyclic) bond motifs is 1. The van der Waals surface area contributed by atoms with Gasteiger partial charge < -0.3 is 10.2 Å². The second-order valence-electron chi connectivity index (χ2n) is 14.6. The summed E-state index contributed by atoms with van der Waals surface area (Å²) in [5, 5.41) is 15.3. The topological polar surface area (TPSA) is 91.2 Å². The van der Waals surface area contributed by atoms with Crippen molar-refractivity contribution >= 4 is 11.6 Å². The monoisotopic (exact) mass is 549 g/mol. The number of hydrogen-bond acceptors (Lipinski definition) is 5. The number of nitrogens with zero attached hydrogens (tertiary/aromatic N) is 5. The fourth-order valence-electron chi connectivity index (χ4n) is 5.81. The van der Waals surface area contributed by atoms with Crippen LogP contribution >= 0.6 is 0 Å². The van der Waals surface area contributed by atoms with E-state index in [-0.39, 0.29) is 17.9 Å². The molecule has 220 valence electrons. The summed E-state index contributed by atoms with van der Waals surface area (Å²) in [5.41, 5.74) is 5.80. The Bertz CT molecular complexity index is 1260. The van der Waals surface area contributed by atoms with Gasteiger partial charge in [-0.1, -0.05) is 55.4 Å². The van der Waals surface area contributed by atoms with E-state index in [4.69, 9.17) is 0 Å². The summed E-state index contributed by atoms with van der Waals surface area (Å²) >= 11 is 0. The number of carbonyl (C=O) groups excluding carboxylic acids is 1. The lowest BCUT2D eigenvalue weighted by molar-refractivity contribution is 0.0874. The highest BCUT2D eigenvalue weighted by molar-refractivity contribution is 5.96. The summed E-state index contributed by atoms with van der Waals surface area (Å²) in [6, 6.07) is 2.86. The van der Waals surface area contributed by atoms with E-state index in [9.17, 15) is 4.79 Å². The number of rotatable bonds is 9. The Kier molecular flexibility index (Phi) is 9.08. The first kappa shape index (κ1) is 30.2. The number of aromatic amines is 1. The van der Waals surface area contributed by atoms with Crippen LogP contribution in [0.4, 0.5) is 0 Å². The zero-order valence-corrected chi connectivity index (χ0v) is 26.3. The lowest BCUT2D eigenvalue weighted by atomic mass is 9.86. The van der Waals surface area contributed by atoms with Crippen LogP contribution in [0.2, 0.25) is 0 Å². The second kappa shape index (κ2) is 12.0. The maximum Gasteiger partial charge on any atom is 0.272 e. The van der Waals surface area contributed by atoms with Gasteiger partial charge in [-0.15, -0.1) is 0 Å². The SMILES string of the molecule is Cc1cc(-c2[nH]nc(C(=O)N[C@H]3CC[C@@H](N(CCC(C)(C)C)CCC(C)(C)C)CC3)c2C(C)C)cn2ncnc12. The van der Waals surface area contributed by atoms with Crippen molar-refractivity contribution in [2.24, 2.45) is 10.8 Å². The van der Waals surface area contributed by atoms with Gasteiger partial charge in [0.2, 0.25) is 0 Å². The normalized spacial score (nSPS) is 18.7. The maximum atomic E-state index is 13.5. The quantitative estimate of drug-likeness (QED) is 0.307. The first-order valence-corrected chi connectivity index (χ1v) is 15.2. The Hall–Kier alpha value is -2.74. The minimum absolute atomic E-state index is 0.0782. The highest BCUT2D eigenvalue weighted by atomic mass is 16.2. The lowest BCUT2D eigenvalue weighted by Crippen LogP contribution is -2.45. The van der Waals surface area contributed by atoms with Gasteiger partial charge in [-0.05, 0) is 86.9 Å². The van der Waals surface area contributed by atoms with Gasteiger partial charge in [0.25, 0.3) is 5.91 Å². The molecule has 3 aromatic heterocycles. The Morgan fingerprint density at radius 3 is 2.27 bits per heavy atom. The van der Waals surface area contributed by atoms with Gasteiger partial charge in [-0.25, -0.2) is 9.50 Å². The van der Waals surface area contributed by atoms with Crippen LogP contribution in [0.5, 0.6) is 0 Å². The molecule has 0 radical (unpaired) electrons. The molecular weight excluding hydrogens is 498 g/mol. The molecular formula is C32H51N7O. The van der Waals surface area contributed by atoms with Gasteiger partial charge in [-0.3, -0.25) is 9.89 Å². The third kappa shape index (κ3) is 7.50. The summed E-state index contributed by atoms with van der Waals surface area (Å²) in [4.78, 5) is 20.6. The zero-order chi connectivity index (χ0) is 29.2. The van der Waals surface area contributed by atoms with Crippen molar-refractivity contribution in [2.75, 3.05) is 13.1 Å². The number of H-pyrrole nitrogens is 1. The molecule has 1 amide bonds. The van der Waals surface area contributed by atoms with Gasteiger partial charge in [0, 0.05) is 29.4 Å². The van der Waals surface area contributed by atoms with Gasteiger partial charge in [0.1, 0.15) is 6.33 Å². The largest absolute Gasteiger partial charge is 0.348 e. The predicted octanol–water partition coefficient (Wildman–Crippen LogP) is 6.77. The van der Waals surface area contributed by atoms with E-state index >= 15 is 0 Å². The average Bonchev–Trinajstić information content (AvgIpc) is 3.51. The molecule has 1 saturated carbocycles. The molecule has 0 aromatic carbocycles. The molecule has 0 saturated heterocycles. The molecule has 0 bridgehead atoms. The van der Waals surface area contributed by atoms with E-state index in [1.165, 1.54) is 12.8 Å². The smallest absolute Gasteiger partial charge is 0.272 e. The Labute approximate surface area is 240 Å².